The summed E-state index contributed by atoms with van der Waals surface area (Å²) in [7, 11) is 1.26. The molecule has 0 bridgehead atoms. The van der Waals surface area contributed by atoms with Gasteiger partial charge in [-0.1, -0.05) is 13.8 Å². The molecule has 32 heavy (non-hydrogen) atoms. The predicted octanol–water partition coefficient (Wildman–Crippen LogP) is 2.77. The molecule has 2 aromatic heterocycles. The monoisotopic (exact) mass is 443 g/mol. The van der Waals surface area contributed by atoms with Crippen LogP contribution in [0.4, 0.5) is 0 Å². The third-order valence-electron chi connectivity index (χ3n) is 5.97. The molecule has 3 rings (SSSR count). The number of hydrogen-bond donors (Lipinski definition) is 2. The largest absolute Gasteiger partial charge is 0.507 e. The van der Waals surface area contributed by atoms with Gasteiger partial charge < -0.3 is 29.0 Å². The summed E-state index contributed by atoms with van der Waals surface area (Å²) in [5.74, 6) is -2.05. The Kier molecular flexibility index (Phi) is 6.88. The van der Waals surface area contributed by atoms with Crippen LogP contribution in [-0.4, -0.2) is 70.8 Å². The number of H-pyrrole nitrogens is 1. The van der Waals surface area contributed by atoms with E-state index >= 15 is 0 Å². The molecule has 1 saturated heterocycles. The number of ether oxygens (including phenoxy) is 1. The lowest BCUT2D eigenvalue weighted by Crippen LogP contribution is -2.37. The maximum Gasteiger partial charge on any atom is 0.354 e. The van der Waals surface area contributed by atoms with Gasteiger partial charge >= 0.3 is 5.97 Å². The number of Topliss-reactive ketones (excluding diaryl/α,β-unsaturated/α-hetero) is 1. The van der Waals surface area contributed by atoms with Crippen molar-refractivity contribution in [3.63, 3.8) is 0 Å². The Balaban J connectivity index is 2.12. The van der Waals surface area contributed by atoms with Crippen LogP contribution in [0.2, 0.25) is 0 Å². The normalized spacial score (nSPS) is 18.1. The number of hydrogen-bond acceptors (Lipinski definition) is 7. The molecular weight excluding hydrogens is 414 g/mol. The second-order valence-corrected chi connectivity index (χ2v) is 7.65. The fourth-order valence-corrected chi connectivity index (χ4v) is 4.19. The number of aromatic amines is 1. The van der Waals surface area contributed by atoms with Gasteiger partial charge in [0.2, 0.25) is 0 Å². The first-order valence-corrected chi connectivity index (χ1v) is 10.6. The summed E-state index contributed by atoms with van der Waals surface area (Å²) in [4.78, 5) is 44.6. The summed E-state index contributed by atoms with van der Waals surface area (Å²) in [5, 5.41) is 11.3. The summed E-state index contributed by atoms with van der Waals surface area (Å²) in [5.41, 5.74) is 1.32. The molecule has 1 amide bonds. The Bertz CT molecular complexity index is 1050. The molecular formula is C23H29N3O6. The summed E-state index contributed by atoms with van der Waals surface area (Å²) in [6.07, 6.45) is 1.46. The highest BCUT2D eigenvalue weighted by atomic mass is 16.5. The molecule has 2 aromatic rings. The van der Waals surface area contributed by atoms with Crippen molar-refractivity contribution in [2.45, 2.75) is 33.7 Å². The quantitative estimate of drug-likeness (QED) is 0.279. The molecule has 1 aliphatic heterocycles. The number of aliphatic hydroxyl groups is 1. The van der Waals surface area contributed by atoms with Gasteiger partial charge in [0.15, 0.2) is 0 Å². The molecule has 0 radical (unpaired) electrons. The van der Waals surface area contributed by atoms with Crippen molar-refractivity contribution in [1.82, 2.24) is 14.8 Å². The molecule has 0 aromatic carbocycles. The van der Waals surface area contributed by atoms with Crippen molar-refractivity contribution in [3.05, 3.63) is 52.2 Å². The average Bonchev–Trinajstić information content (AvgIpc) is 3.47. The van der Waals surface area contributed by atoms with Crippen LogP contribution in [-0.2, 0) is 14.3 Å². The number of aryl methyl sites for hydroxylation is 1. The molecule has 3 heterocycles. The van der Waals surface area contributed by atoms with Crippen molar-refractivity contribution in [2.75, 3.05) is 33.3 Å². The predicted molar refractivity (Wildman–Crippen MR) is 117 cm³/mol. The molecule has 1 aliphatic rings. The van der Waals surface area contributed by atoms with Gasteiger partial charge in [0.1, 0.15) is 23.3 Å². The van der Waals surface area contributed by atoms with E-state index in [0.717, 1.165) is 13.1 Å². The van der Waals surface area contributed by atoms with Crippen molar-refractivity contribution >= 4 is 23.4 Å². The van der Waals surface area contributed by atoms with E-state index < -0.39 is 23.7 Å². The first kappa shape index (κ1) is 23.3. The van der Waals surface area contributed by atoms with E-state index in [1.54, 1.807) is 26.0 Å². The maximum absolute atomic E-state index is 13.1. The molecule has 9 heteroatoms. The molecule has 1 atom stereocenters. The summed E-state index contributed by atoms with van der Waals surface area (Å²) in [6, 6.07) is 2.48. The Hall–Kier alpha value is -3.33. The van der Waals surface area contributed by atoms with Gasteiger partial charge in [-0.3, -0.25) is 9.59 Å². The van der Waals surface area contributed by atoms with Crippen LogP contribution in [0.15, 0.2) is 28.4 Å². The van der Waals surface area contributed by atoms with E-state index in [4.69, 9.17) is 9.15 Å². The van der Waals surface area contributed by atoms with Crippen LogP contribution < -0.4 is 0 Å². The Morgan fingerprint density at radius 1 is 1.28 bits per heavy atom. The first-order chi connectivity index (χ1) is 15.3. The average molecular weight is 444 g/mol. The number of aromatic nitrogens is 1. The van der Waals surface area contributed by atoms with Gasteiger partial charge in [0.25, 0.3) is 11.7 Å². The first-order valence-electron chi connectivity index (χ1n) is 10.6. The SMILES string of the molecule is CCN(CC)CCN1C(=O)C(=O)/C(=C(\O)c2c(C)[nH]c(C(=O)OC)c2C)[C@@H]1c1ccco1. The zero-order chi connectivity index (χ0) is 23.6. The lowest BCUT2D eigenvalue weighted by atomic mass is 9.97. The van der Waals surface area contributed by atoms with E-state index in [-0.39, 0.29) is 17.0 Å². The second kappa shape index (κ2) is 9.44. The second-order valence-electron chi connectivity index (χ2n) is 7.65. The van der Waals surface area contributed by atoms with E-state index in [9.17, 15) is 19.5 Å². The molecule has 9 nitrogen and oxygen atoms in total. The van der Waals surface area contributed by atoms with Gasteiger partial charge in [0.05, 0.1) is 18.9 Å². The number of rotatable bonds is 8. The summed E-state index contributed by atoms with van der Waals surface area (Å²) < 4.78 is 10.3. The van der Waals surface area contributed by atoms with Gasteiger partial charge in [0, 0.05) is 24.3 Å². The molecule has 2 N–H and O–H groups in total. The van der Waals surface area contributed by atoms with E-state index in [1.807, 2.05) is 13.8 Å². The fourth-order valence-electron chi connectivity index (χ4n) is 4.19. The lowest BCUT2D eigenvalue weighted by molar-refractivity contribution is -0.140. The third-order valence-corrected chi connectivity index (χ3v) is 5.97. The molecule has 0 saturated carbocycles. The minimum absolute atomic E-state index is 0.0638. The van der Waals surface area contributed by atoms with Gasteiger partial charge in [-0.05, 0) is 44.6 Å². The lowest BCUT2D eigenvalue weighted by Gasteiger charge is -2.26. The van der Waals surface area contributed by atoms with Crippen LogP contribution in [0.25, 0.3) is 5.76 Å². The fraction of sp³-hybridized carbons (Fsp3) is 0.435. The highest BCUT2D eigenvalue weighted by molar-refractivity contribution is 6.46. The van der Waals surface area contributed by atoms with Crippen molar-refractivity contribution in [2.24, 2.45) is 0 Å². The smallest absolute Gasteiger partial charge is 0.354 e. The standard InChI is InChI=1S/C23H29N3O6/c1-6-25(7-2)10-11-26-19(15-9-8-12-32-15)17(21(28)22(26)29)20(27)16-13(3)18(23(30)31-5)24-14(16)4/h8-9,12,19,24,27H,6-7,10-11H2,1-5H3/b20-17-/t19-/m0/s1. The van der Waals surface area contributed by atoms with Crippen molar-refractivity contribution < 1.29 is 28.6 Å². The molecule has 0 spiro atoms. The Morgan fingerprint density at radius 3 is 2.53 bits per heavy atom. The third kappa shape index (κ3) is 3.95. The number of furan rings is 1. The topological polar surface area (TPSA) is 116 Å². The number of nitrogens with zero attached hydrogens (tertiary/aromatic N) is 2. The minimum atomic E-state index is -0.865. The number of carbonyl (C=O) groups is 3. The van der Waals surface area contributed by atoms with Gasteiger partial charge in [-0.15, -0.1) is 0 Å². The van der Waals surface area contributed by atoms with Crippen LogP contribution in [0.1, 0.15) is 53.0 Å². The van der Waals surface area contributed by atoms with E-state index in [0.29, 0.717) is 35.7 Å². The Labute approximate surface area is 186 Å². The van der Waals surface area contributed by atoms with Crippen LogP contribution in [0, 0.1) is 13.8 Å². The van der Waals surface area contributed by atoms with E-state index in [2.05, 4.69) is 9.88 Å². The molecule has 0 unspecified atom stereocenters. The Morgan fingerprint density at radius 2 is 1.97 bits per heavy atom. The zero-order valence-corrected chi connectivity index (χ0v) is 19.0. The van der Waals surface area contributed by atoms with Crippen LogP contribution in [0.5, 0.6) is 0 Å². The number of nitrogens with one attached hydrogen (secondary N) is 1. The number of carbonyl (C=O) groups excluding carboxylic acids is 3. The number of amides is 1. The van der Waals surface area contributed by atoms with E-state index in [1.165, 1.54) is 18.3 Å². The number of methoxy groups -OCH3 is 1. The number of ketones is 1. The molecule has 1 fully saturated rings. The molecule has 0 aliphatic carbocycles. The van der Waals surface area contributed by atoms with Gasteiger partial charge in [-0.2, -0.15) is 0 Å². The highest BCUT2D eigenvalue weighted by Crippen LogP contribution is 2.40. The van der Waals surface area contributed by atoms with Crippen molar-refractivity contribution in [1.29, 1.82) is 0 Å². The maximum atomic E-state index is 13.1. The molecule has 172 valence electrons. The number of aliphatic hydroxyl groups excluding tert-OH is 1. The summed E-state index contributed by atoms with van der Waals surface area (Å²) >= 11 is 0. The van der Waals surface area contributed by atoms with Crippen LogP contribution in [0.3, 0.4) is 0 Å². The summed E-state index contributed by atoms with van der Waals surface area (Å²) in [6.45, 7) is 9.86. The van der Waals surface area contributed by atoms with Gasteiger partial charge in [-0.25, -0.2) is 4.79 Å². The number of likely N-dealkylation sites (N-methyl/N-ethyl adjacent to an activating group) is 1. The van der Waals surface area contributed by atoms with Crippen molar-refractivity contribution in [3.8, 4) is 0 Å². The highest BCUT2D eigenvalue weighted by Gasteiger charge is 2.47. The minimum Gasteiger partial charge on any atom is -0.507 e. The number of likely N-dealkylation sites (tertiary alicyclic amines) is 1. The van der Waals surface area contributed by atoms with Crippen LogP contribution >= 0.6 is 0 Å². The zero-order valence-electron chi connectivity index (χ0n) is 19.0. The number of esters is 1.